The first kappa shape index (κ1) is 22.8. The van der Waals surface area contributed by atoms with Crippen molar-refractivity contribution in [1.82, 2.24) is 10.2 Å². The number of halogens is 1. The summed E-state index contributed by atoms with van der Waals surface area (Å²) in [6.07, 6.45) is 5.13. The molecule has 0 radical (unpaired) electrons. The van der Waals surface area contributed by atoms with Gasteiger partial charge in [0.05, 0.1) is 24.3 Å². The van der Waals surface area contributed by atoms with Crippen molar-refractivity contribution < 1.29 is 23.9 Å². The summed E-state index contributed by atoms with van der Waals surface area (Å²) < 4.78 is 13.4. The summed E-state index contributed by atoms with van der Waals surface area (Å²) in [6, 6.07) is 9.90. The Morgan fingerprint density at radius 2 is 1.84 bits per heavy atom. The molecule has 2 amide bonds. The van der Waals surface area contributed by atoms with Crippen LogP contribution in [-0.4, -0.2) is 67.1 Å². The van der Waals surface area contributed by atoms with Gasteiger partial charge in [0.2, 0.25) is 5.91 Å². The Morgan fingerprint density at radius 1 is 1.09 bits per heavy atom. The van der Waals surface area contributed by atoms with Gasteiger partial charge < -0.3 is 20.6 Å². The van der Waals surface area contributed by atoms with Crippen molar-refractivity contribution in [3.05, 3.63) is 59.4 Å². The summed E-state index contributed by atoms with van der Waals surface area (Å²) in [6.45, 7) is 2.92. The number of nitrogens with zero attached hydrogens (tertiary/aromatic N) is 2. The van der Waals surface area contributed by atoms with Crippen LogP contribution in [-0.2, 0) is 4.79 Å². The molecular weight excluding hydrogens is 415 g/mol. The Balaban J connectivity index is 1.66. The fourth-order valence-corrected chi connectivity index (χ4v) is 3.41. The van der Waals surface area contributed by atoms with Crippen LogP contribution < -0.4 is 15.5 Å². The third-order valence-electron chi connectivity index (χ3n) is 5.06. The van der Waals surface area contributed by atoms with Crippen LogP contribution >= 0.6 is 0 Å². The largest absolute Gasteiger partial charge is 0.478 e. The predicted octanol–water partition coefficient (Wildman–Crippen LogP) is 1.65. The molecule has 2 aromatic carbocycles. The number of rotatable bonds is 7. The molecule has 0 saturated carbocycles. The molecule has 3 N–H and O–H groups in total. The second-order valence-corrected chi connectivity index (χ2v) is 7.24. The van der Waals surface area contributed by atoms with E-state index in [0.717, 1.165) is 6.07 Å². The lowest BCUT2D eigenvalue weighted by Gasteiger charge is -2.36. The average molecular weight is 438 g/mol. The number of aromatic carboxylic acids is 1. The van der Waals surface area contributed by atoms with E-state index in [9.17, 15) is 23.9 Å². The normalized spacial score (nSPS) is 13.8. The minimum atomic E-state index is -1.19. The molecule has 0 aliphatic carbocycles. The van der Waals surface area contributed by atoms with Crippen LogP contribution in [0.4, 0.5) is 15.8 Å². The van der Waals surface area contributed by atoms with E-state index in [-0.39, 0.29) is 35.8 Å². The van der Waals surface area contributed by atoms with Crippen molar-refractivity contribution in [3.63, 3.8) is 0 Å². The first-order valence-electron chi connectivity index (χ1n) is 9.99. The maximum Gasteiger partial charge on any atom is 0.337 e. The second kappa shape index (κ2) is 10.4. The third-order valence-corrected chi connectivity index (χ3v) is 5.06. The van der Waals surface area contributed by atoms with E-state index < -0.39 is 17.7 Å². The van der Waals surface area contributed by atoms with Gasteiger partial charge in [-0.25, -0.2) is 9.18 Å². The minimum absolute atomic E-state index is 0.0663. The van der Waals surface area contributed by atoms with Gasteiger partial charge in [0.15, 0.2) is 0 Å². The molecular formula is C23H23FN4O4. The number of carbonyl (C=O) groups excluding carboxylic acids is 2. The first-order valence-corrected chi connectivity index (χ1v) is 9.99. The van der Waals surface area contributed by atoms with E-state index in [1.54, 1.807) is 6.07 Å². The lowest BCUT2D eigenvalue weighted by atomic mass is 10.1. The van der Waals surface area contributed by atoms with Crippen LogP contribution in [0.15, 0.2) is 42.5 Å². The van der Waals surface area contributed by atoms with Crippen LogP contribution in [0.2, 0.25) is 0 Å². The summed E-state index contributed by atoms with van der Waals surface area (Å²) in [5, 5.41) is 14.8. The molecule has 0 bridgehead atoms. The highest BCUT2D eigenvalue weighted by Crippen LogP contribution is 2.25. The maximum absolute atomic E-state index is 13.4. The van der Waals surface area contributed by atoms with E-state index in [4.69, 9.17) is 6.42 Å². The number of carbonyl (C=O) groups is 3. The number of anilines is 2. The Hall–Kier alpha value is -3.90. The molecule has 9 heteroatoms. The number of terminal acetylenes is 1. The lowest BCUT2D eigenvalue weighted by molar-refractivity contribution is -0.122. The maximum atomic E-state index is 13.4. The summed E-state index contributed by atoms with van der Waals surface area (Å²) in [5.74, 6) is -0.125. The topological polar surface area (TPSA) is 102 Å². The van der Waals surface area contributed by atoms with Crippen molar-refractivity contribution in [2.45, 2.75) is 0 Å². The van der Waals surface area contributed by atoms with Crippen molar-refractivity contribution in [3.8, 4) is 12.3 Å². The molecule has 2 aromatic rings. The van der Waals surface area contributed by atoms with Crippen LogP contribution in [0.1, 0.15) is 20.7 Å². The number of nitrogens with one attached hydrogen (secondary N) is 2. The molecule has 1 saturated heterocycles. The van der Waals surface area contributed by atoms with Crippen LogP contribution in [0.25, 0.3) is 0 Å². The minimum Gasteiger partial charge on any atom is -0.478 e. The average Bonchev–Trinajstić information content (AvgIpc) is 2.78. The van der Waals surface area contributed by atoms with Gasteiger partial charge in [-0.15, -0.1) is 6.42 Å². The Morgan fingerprint density at radius 3 is 2.50 bits per heavy atom. The monoisotopic (exact) mass is 438 g/mol. The van der Waals surface area contributed by atoms with Gasteiger partial charge in [0.1, 0.15) is 5.82 Å². The summed E-state index contributed by atoms with van der Waals surface area (Å²) in [4.78, 5) is 40.0. The molecule has 166 valence electrons. The highest BCUT2D eigenvalue weighted by Gasteiger charge is 2.21. The summed E-state index contributed by atoms with van der Waals surface area (Å²) in [7, 11) is 0. The fraction of sp³-hybridized carbons (Fsp3) is 0.261. The van der Waals surface area contributed by atoms with Crippen molar-refractivity contribution >= 4 is 29.2 Å². The molecule has 8 nitrogen and oxygen atoms in total. The highest BCUT2D eigenvalue weighted by molar-refractivity contribution is 6.08. The number of hydrogen-bond acceptors (Lipinski definition) is 5. The molecule has 1 fully saturated rings. The number of hydrogen-bond donors (Lipinski definition) is 3. The molecule has 32 heavy (non-hydrogen) atoms. The Labute approximate surface area is 185 Å². The van der Waals surface area contributed by atoms with Gasteiger partial charge in [-0.2, -0.15) is 0 Å². The van der Waals surface area contributed by atoms with Crippen molar-refractivity contribution in [1.29, 1.82) is 0 Å². The molecule has 3 rings (SSSR count). The summed E-state index contributed by atoms with van der Waals surface area (Å²) in [5.41, 5.74) is 0.845. The zero-order valence-corrected chi connectivity index (χ0v) is 17.3. The number of amides is 2. The second-order valence-electron chi connectivity index (χ2n) is 7.24. The van der Waals surface area contributed by atoms with Gasteiger partial charge in [0, 0.05) is 37.4 Å². The molecule has 0 unspecified atom stereocenters. The number of benzene rings is 2. The van der Waals surface area contributed by atoms with Gasteiger partial charge in [-0.1, -0.05) is 12.0 Å². The van der Waals surface area contributed by atoms with Crippen molar-refractivity contribution in [2.75, 3.05) is 49.5 Å². The number of carboxylic acid groups (broad SMARTS) is 1. The predicted molar refractivity (Wildman–Crippen MR) is 118 cm³/mol. The third kappa shape index (κ3) is 5.83. The SMILES string of the molecule is C#CCNC(=O)CN1CCN(c2ccc(NC(=O)c3cccc(F)c3)c(C(=O)O)c2)CC1. The molecule has 1 heterocycles. The lowest BCUT2D eigenvalue weighted by Crippen LogP contribution is -2.49. The molecule has 1 aliphatic rings. The van der Waals surface area contributed by atoms with E-state index in [2.05, 4.69) is 16.6 Å². The molecule has 0 spiro atoms. The Bertz CT molecular complexity index is 1060. The standard InChI is InChI=1S/C23H23FN4O4/c1-2-8-25-21(29)15-27-9-11-28(12-10-27)18-6-7-20(19(14-18)23(31)32)26-22(30)16-4-3-5-17(24)13-16/h1,3-7,13-14H,8-12,15H2,(H,25,29)(H,26,30)(H,31,32). The van der Waals surface area contributed by atoms with Crippen LogP contribution in [0, 0.1) is 18.2 Å². The van der Waals surface area contributed by atoms with Crippen LogP contribution in [0.3, 0.4) is 0 Å². The van der Waals surface area contributed by atoms with Gasteiger partial charge >= 0.3 is 5.97 Å². The van der Waals surface area contributed by atoms with Gasteiger partial charge in [0.25, 0.3) is 5.91 Å². The van der Waals surface area contributed by atoms with Crippen molar-refractivity contribution in [2.24, 2.45) is 0 Å². The van der Waals surface area contributed by atoms with E-state index in [0.29, 0.717) is 31.9 Å². The Kier molecular flexibility index (Phi) is 7.41. The molecule has 0 aromatic heterocycles. The van der Waals surface area contributed by atoms with Gasteiger partial charge in [-0.05, 0) is 36.4 Å². The smallest absolute Gasteiger partial charge is 0.337 e. The molecule has 0 atom stereocenters. The van der Waals surface area contributed by atoms with Gasteiger partial charge in [-0.3, -0.25) is 14.5 Å². The van der Waals surface area contributed by atoms with E-state index >= 15 is 0 Å². The number of piperazine rings is 1. The number of carboxylic acids is 1. The quantitative estimate of drug-likeness (QED) is 0.569. The van der Waals surface area contributed by atoms with Crippen LogP contribution in [0.5, 0.6) is 0 Å². The molecule has 1 aliphatic heterocycles. The van der Waals surface area contributed by atoms with E-state index in [1.807, 2.05) is 9.80 Å². The highest BCUT2D eigenvalue weighted by atomic mass is 19.1. The summed E-state index contributed by atoms with van der Waals surface area (Å²) >= 11 is 0. The van der Waals surface area contributed by atoms with E-state index in [1.165, 1.54) is 30.3 Å². The zero-order chi connectivity index (χ0) is 23.1. The first-order chi connectivity index (χ1) is 15.4. The fourth-order valence-electron chi connectivity index (χ4n) is 3.41. The zero-order valence-electron chi connectivity index (χ0n) is 17.3.